The lowest BCUT2D eigenvalue weighted by Crippen LogP contribution is -2.40. The lowest BCUT2D eigenvalue weighted by Gasteiger charge is -2.28. The highest BCUT2D eigenvalue weighted by molar-refractivity contribution is 7.99. The van der Waals surface area contributed by atoms with Crippen molar-refractivity contribution < 1.29 is 18.3 Å². The van der Waals surface area contributed by atoms with Gasteiger partial charge in [0.1, 0.15) is 4.21 Å². The van der Waals surface area contributed by atoms with Crippen molar-refractivity contribution in [2.45, 2.75) is 53.7 Å². The topological polar surface area (TPSA) is 78.9 Å². The van der Waals surface area contributed by atoms with Crippen LogP contribution >= 0.6 is 23.3 Å². The van der Waals surface area contributed by atoms with Gasteiger partial charge in [-0.3, -0.25) is 0 Å². The third-order valence-corrected chi connectivity index (χ3v) is 8.00. The average Bonchev–Trinajstić information content (AvgIpc) is 2.86. The number of hydrogen-bond donors (Lipinski definition) is 2. The fourth-order valence-corrected chi connectivity index (χ4v) is 6.92. The zero-order valence-electron chi connectivity index (χ0n) is 14.5. The Balaban J connectivity index is 2.10. The molecule has 0 saturated heterocycles. The van der Waals surface area contributed by atoms with E-state index in [1.807, 2.05) is 20.8 Å². The number of β-amino-alcohol motifs (C(OH)–C–C–N with tert-alkyl or cyclic N) is 1. The molecule has 9 heteroatoms. The van der Waals surface area contributed by atoms with Crippen molar-refractivity contribution in [2.24, 2.45) is 0 Å². The lowest BCUT2D eigenvalue weighted by molar-refractivity contribution is 0.142. The second-order valence-corrected chi connectivity index (χ2v) is 11.2. The second kappa shape index (κ2) is 8.03. The number of methoxy groups -OCH3 is 1. The first kappa shape index (κ1) is 20.2. The summed E-state index contributed by atoms with van der Waals surface area (Å²) in [6.45, 7) is 7.50. The molecule has 1 atom stereocenters. The van der Waals surface area contributed by atoms with Crippen molar-refractivity contribution in [1.82, 2.24) is 9.03 Å². The Kier molecular flexibility index (Phi) is 6.74. The minimum Gasteiger partial charge on any atom is -0.387 e. The Labute approximate surface area is 152 Å². The number of hydrogen-bond acceptors (Lipinski definition) is 7. The predicted molar refractivity (Wildman–Crippen MR) is 97.9 cm³/mol. The molecule has 24 heavy (non-hydrogen) atoms. The van der Waals surface area contributed by atoms with Gasteiger partial charge in [0.05, 0.1) is 10.3 Å². The zero-order chi connectivity index (χ0) is 18.0. The first-order chi connectivity index (χ1) is 11.1. The lowest BCUT2D eigenvalue weighted by atomic mass is 10.1. The van der Waals surface area contributed by atoms with Crippen molar-refractivity contribution in [1.29, 1.82) is 0 Å². The number of aliphatic hydroxyl groups excluding tert-OH is 1. The standard InChI is InChI=1S/C15H26N2O4S3/c1-15(2,3)16-24(19,20)13-9-11-12(18)10-17(23-14(11)22-13)7-5-6-8-21-4/h9,12,16,18H,5-8,10H2,1-4H3/t12-/m1/s1. The van der Waals surface area contributed by atoms with E-state index in [0.717, 1.165) is 30.2 Å². The summed E-state index contributed by atoms with van der Waals surface area (Å²) in [6, 6.07) is 1.61. The van der Waals surface area contributed by atoms with Crippen LogP contribution in [-0.2, 0) is 14.8 Å². The molecule has 1 aliphatic heterocycles. The van der Waals surface area contributed by atoms with Gasteiger partial charge in [-0.15, -0.1) is 11.3 Å². The molecule has 138 valence electrons. The van der Waals surface area contributed by atoms with Gasteiger partial charge in [0.15, 0.2) is 0 Å². The molecule has 6 nitrogen and oxygen atoms in total. The van der Waals surface area contributed by atoms with E-state index in [4.69, 9.17) is 4.74 Å². The molecule has 0 aliphatic carbocycles. The SMILES string of the molecule is COCCCCN1C[C@@H](O)c2cc(S(=O)(=O)NC(C)(C)C)sc2S1. The fraction of sp³-hybridized carbons (Fsp3) is 0.733. The first-order valence-corrected chi connectivity index (χ1v) is 11.0. The highest BCUT2D eigenvalue weighted by Crippen LogP contribution is 2.43. The summed E-state index contributed by atoms with van der Waals surface area (Å²) in [5.41, 5.74) is 0.176. The van der Waals surface area contributed by atoms with Gasteiger partial charge in [0.2, 0.25) is 0 Å². The van der Waals surface area contributed by atoms with Crippen LogP contribution in [0.1, 0.15) is 45.3 Å². The molecule has 0 bridgehead atoms. The molecule has 1 aliphatic rings. The summed E-state index contributed by atoms with van der Waals surface area (Å²) in [5.74, 6) is 0. The van der Waals surface area contributed by atoms with Crippen LogP contribution in [0.5, 0.6) is 0 Å². The van der Waals surface area contributed by atoms with Gasteiger partial charge in [-0.2, -0.15) is 0 Å². The van der Waals surface area contributed by atoms with Crippen LogP contribution in [0.3, 0.4) is 0 Å². The van der Waals surface area contributed by atoms with E-state index in [-0.39, 0.29) is 4.21 Å². The van der Waals surface area contributed by atoms with Crippen LogP contribution in [0.15, 0.2) is 14.5 Å². The summed E-state index contributed by atoms with van der Waals surface area (Å²) in [5, 5.41) is 10.4. The number of nitrogens with zero attached hydrogens (tertiary/aromatic N) is 1. The number of thiophene rings is 1. The highest BCUT2D eigenvalue weighted by atomic mass is 32.3. The number of unbranched alkanes of at least 4 members (excludes halogenated alkanes) is 1. The number of rotatable bonds is 7. The van der Waals surface area contributed by atoms with Crippen molar-refractivity contribution >= 4 is 33.3 Å². The quantitative estimate of drug-likeness (QED) is 0.547. The van der Waals surface area contributed by atoms with Gasteiger partial charge < -0.3 is 9.84 Å². The molecule has 0 fully saturated rings. The monoisotopic (exact) mass is 394 g/mol. The maximum absolute atomic E-state index is 12.5. The van der Waals surface area contributed by atoms with Crippen LogP contribution in [0.4, 0.5) is 0 Å². The van der Waals surface area contributed by atoms with Crippen LogP contribution in [0, 0.1) is 0 Å². The maximum atomic E-state index is 12.5. The molecule has 2 heterocycles. The molecule has 0 aromatic carbocycles. The van der Waals surface area contributed by atoms with Crippen molar-refractivity contribution in [3.8, 4) is 0 Å². The Bertz CT molecular complexity index is 652. The number of nitrogens with one attached hydrogen (secondary N) is 1. The van der Waals surface area contributed by atoms with Crippen LogP contribution in [0.2, 0.25) is 0 Å². The summed E-state index contributed by atoms with van der Waals surface area (Å²) >= 11 is 2.75. The molecule has 2 N–H and O–H groups in total. The van der Waals surface area contributed by atoms with Gasteiger partial charge in [0.25, 0.3) is 10.0 Å². The predicted octanol–water partition coefficient (Wildman–Crippen LogP) is 2.61. The van der Waals surface area contributed by atoms with Crippen LogP contribution in [-0.4, -0.2) is 50.2 Å². The first-order valence-electron chi connectivity index (χ1n) is 7.90. The van der Waals surface area contributed by atoms with Crippen molar-refractivity contribution in [3.05, 3.63) is 11.6 Å². The Morgan fingerprint density at radius 1 is 1.42 bits per heavy atom. The highest BCUT2D eigenvalue weighted by Gasteiger charge is 2.31. The molecular formula is C15H26N2O4S3. The van der Waals surface area contributed by atoms with Crippen LogP contribution in [0.25, 0.3) is 0 Å². The second-order valence-electron chi connectivity index (χ2n) is 6.86. The largest absolute Gasteiger partial charge is 0.387 e. The van der Waals surface area contributed by atoms with E-state index in [1.165, 1.54) is 23.3 Å². The van der Waals surface area contributed by atoms with Gasteiger partial charge in [-0.05, 0) is 51.6 Å². The van der Waals surface area contributed by atoms with E-state index in [2.05, 4.69) is 9.03 Å². The van der Waals surface area contributed by atoms with Gasteiger partial charge in [-0.25, -0.2) is 17.4 Å². The fourth-order valence-electron chi connectivity index (χ4n) is 2.37. The normalized spacial score (nSPS) is 19.5. The summed E-state index contributed by atoms with van der Waals surface area (Å²) in [6.07, 6.45) is 1.29. The Hall–Kier alpha value is -0.160. The van der Waals surface area contributed by atoms with E-state index < -0.39 is 21.7 Å². The minimum absolute atomic E-state index is 0.259. The molecule has 0 radical (unpaired) electrons. The van der Waals surface area contributed by atoms with Gasteiger partial charge in [-0.1, -0.05) is 0 Å². The average molecular weight is 395 g/mol. The number of sulfonamides is 1. The molecule has 2 rings (SSSR count). The van der Waals surface area contributed by atoms with E-state index in [9.17, 15) is 13.5 Å². The van der Waals surface area contributed by atoms with Crippen molar-refractivity contribution in [3.63, 3.8) is 0 Å². The third-order valence-electron chi connectivity index (χ3n) is 3.36. The third kappa shape index (κ3) is 5.42. The smallest absolute Gasteiger partial charge is 0.250 e. The summed E-state index contributed by atoms with van der Waals surface area (Å²) < 4.78 is 35.9. The Morgan fingerprint density at radius 3 is 2.75 bits per heavy atom. The zero-order valence-corrected chi connectivity index (χ0v) is 17.0. The van der Waals surface area contributed by atoms with Gasteiger partial charge >= 0.3 is 0 Å². The van der Waals surface area contributed by atoms with E-state index >= 15 is 0 Å². The van der Waals surface area contributed by atoms with E-state index in [1.54, 1.807) is 13.2 Å². The molecule has 1 aromatic rings. The minimum atomic E-state index is -3.57. The molecule has 0 unspecified atom stereocenters. The molecule has 0 saturated carbocycles. The van der Waals surface area contributed by atoms with Crippen molar-refractivity contribution in [2.75, 3.05) is 26.8 Å². The maximum Gasteiger partial charge on any atom is 0.250 e. The molecule has 0 spiro atoms. The number of aliphatic hydroxyl groups is 1. The van der Waals surface area contributed by atoms with Crippen LogP contribution < -0.4 is 4.72 Å². The molecule has 0 amide bonds. The van der Waals surface area contributed by atoms with Gasteiger partial charge in [0, 0.05) is 37.9 Å². The molecule has 1 aromatic heterocycles. The summed E-state index contributed by atoms with van der Waals surface area (Å²) in [4.78, 5) is 0. The number of fused-ring (bicyclic) bond motifs is 1. The number of ether oxygens (including phenoxy) is 1. The van der Waals surface area contributed by atoms with E-state index in [0.29, 0.717) is 12.1 Å². The molecular weight excluding hydrogens is 368 g/mol. The summed E-state index contributed by atoms with van der Waals surface area (Å²) in [7, 11) is -1.88. The Morgan fingerprint density at radius 2 is 2.12 bits per heavy atom.